The van der Waals surface area contributed by atoms with Gasteiger partial charge in [-0.25, -0.2) is 4.79 Å². The van der Waals surface area contributed by atoms with Gasteiger partial charge in [0, 0.05) is 12.3 Å². The number of hydrogen-bond acceptors (Lipinski definition) is 4. The first-order valence-corrected chi connectivity index (χ1v) is 12.2. The van der Waals surface area contributed by atoms with Gasteiger partial charge in [0.25, 0.3) is 0 Å². The fourth-order valence-corrected chi connectivity index (χ4v) is 5.27. The minimum atomic E-state index is -0.947. The number of aliphatic carboxylic acids is 1. The summed E-state index contributed by atoms with van der Waals surface area (Å²) in [7, 11) is 0. The molecule has 0 aliphatic heterocycles. The van der Waals surface area contributed by atoms with Gasteiger partial charge in [-0.2, -0.15) is 11.3 Å². The Morgan fingerprint density at radius 1 is 1.03 bits per heavy atom. The van der Waals surface area contributed by atoms with Crippen molar-refractivity contribution >= 4 is 45.9 Å². The maximum absolute atomic E-state index is 10.8. The second-order valence-electron chi connectivity index (χ2n) is 7.41. The van der Waals surface area contributed by atoms with E-state index in [1.54, 1.807) is 28.7 Å². The molecule has 0 aliphatic rings. The lowest BCUT2D eigenvalue weighted by Crippen LogP contribution is -1.96. The minimum Gasteiger partial charge on any atom is -0.478 e. The number of carboxylic acids is 1. The van der Waals surface area contributed by atoms with Crippen LogP contribution in [0.1, 0.15) is 41.2 Å². The first-order valence-electron chi connectivity index (χ1n) is 10.3. The Kier molecular flexibility index (Phi) is 6.78. The van der Waals surface area contributed by atoms with E-state index in [2.05, 4.69) is 66.0 Å². The summed E-state index contributed by atoms with van der Waals surface area (Å²) in [6.45, 7) is 4.36. The maximum Gasteiger partial charge on any atom is 0.328 e. The van der Waals surface area contributed by atoms with Crippen LogP contribution in [0.15, 0.2) is 77.1 Å². The highest BCUT2D eigenvalue weighted by Crippen LogP contribution is 2.37. The van der Waals surface area contributed by atoms with E-state index in [1.807, 2.05) is 23.8 Å². The number of hydrogen-bond donors (Lipinski definition) is 1. The molecule has 3 nitrogen and oxygen atoms in total. The first-order chi connectivity index (χ1) is 15.6. The zero-order chi connectivity index (χ0) is 22.5. The molecule has 2 aromatic carbocycles. The number of thiophene rings is 1. The predicted molar refractivity (Wildman–Crippen MR) is 136 cm³/mol. The Morgan fingerprint density at radius 3 is 2.25 bits per heavy atom. The summed E-state index contributed by atoms with van der Waals surface area (Å²) in [6, 6.07) is 16.8. The molecule has 2 aromatic heterocycles. The predicted octanol–water partition coefficient (Wildman–Crippen LogP) is 7.65. The van der Waals surface area contributed by atoms with Crippen molar-refractivity contribution < 1.29 is 9.90 Å². The molecule has 2 heterocycles. The molecular formula is C27H23NO2S2. The molecule has 4 rings (SSSR count). The summed E-state index contributed by atoms with van der Waals surface area (Å²) in [5.41, 5.74) is 11.2. The zero-order valence-corrected chi connectivity index (χ0v) is 19.5. The largest absolute Gasteiger partial charge is 0.478 e. The number of aromatic nitrogens is 1. The first kappa shape index (κ1) is 21.9. The van der Waals surface area contributed by atoms with Gasteiger partial charge in [0.05, 0.1) is 10.4 Å². The molecule has 4 aromatic rings. The highest BCUT2D eigenvalue weighted by molar-refractivity contribution is 7.13. The van der Waals surface area contributed by atoms with E-state index in [4.69, 9.17) is 5.11 Å². The van der Waals surface area contributed by atoms with Crippen LogP contribution in [0.5, 0.6) is 0 Å². The molecule has 0 aliphatic carbocycles. The third-order valence-electron chi connectivity index (χ3n) is 5.34. The summed E-state index contributed by atoms with van der Waals surface area (Å²) in [5, 5.41) is 13.3. The molecule has 0 spiro atoms. The Labute approximate surface area is 196 Å². The van der Waals surface area contributed by atoms with E-state index in [0.717, 1.165) is 39.6 Å². The fraction of sp³-hybridized carbons (Fsp3) is 0.111. The number of nitrogens with zero attached hydrogens (tertiary/aromatic N) is 1. The van der Waals surface area contributed by atoms with Crippen LogP contribution >= 0.6 is 22.7 Å². The lowest BCUT2D eigenvalue weighted by molar-refractivity contribution is -0.131. The molecular weight excluding hydrogens is 434 g/mol. The number of carbonyl (C=O) groups is 1. The monoisotopic (exact) mass is 457 g/mol. The van der Waals surface area contributed by atoms with Crippen molar-refractivity contribution in [1.29, 1.82) is 0 Å². The average molecular weight is 458 g/mol. The van der Waals surface area contributed by atoms with E-state index in [-0.39, 0.29) is 0 Å². The topological polar surface area (TPSA) is 50.2 Å². The van der Waals surface area contributed by atoms with Gasteiger partial charge in [-0.15, -0.1) is 11.3 Å². The molecule has 0 amide bonds. The number of aryl methyl sites for hydroxylation is 1. The van der Waals surface area contributed by atoms with E-state index in [1.165, 1.54) is 22.3 Å². The Bertz CT molecular complexity index is 1260. The Morgan fingerprint density at radius 2 is 1.72 bits per heavy atom. The van der Waals surface area contributed by atoms with Crippen molar-refractivity contribution in [2.45, 2.75) is 20.3 Å². The molecule has 32 heavy (non-hydrogen) atoms. The SMILES string of the molecule is CC/C(=C(/c1ccc(/C=C/C(=O)O)cc1)c1ccc(-c2cncs2)cc1)c1cscc1C. The number of benzene rings is 2. The number of allylic oxidation sites excluding steroid dienone is 1. The summed E-state index contributed by atoms with van der Waals surface area (Å²) in [4.78, 5) is 16.2. The summed E-state index contributed by atoms with van der Waals surface area (Å²) in [5.74, 6) is -0.947. The van der Waals surface area contributed by atoms with Gasteiger partial charge >= 0.3 is 5.97 Å². The molecule has 1 N–H and O–H groups in total. The van der Waals surface area contributed by atoms with Crippen LogP contribution in [-0.4, -0.2) is 16.1 Å². The van der Waals surface area contributed by atoms with Gasteiger partial charge < -0.3 is 5.11 Å². The van der Waals surface area contributed by atoms with Gasteiger partial charge in [-0.1, -0.05) is 55.5 Å². The zero-order valence-electron chi connectivity index (χ0n) is 17.9. The van der Waals surface area contributed by atoms with Gasteiger partial charge in [-0.05, 0) is 74.7 Å². The standard InChI is InChI=1S/C27H23NO2S2/c1-3-23(24-16-31-15-18(24)2)27(21-7-4-19(5-8-21)6-13-26(29)30)22-11-9-20(10-12-22)25-14-28-17-32-25/h4-17H,3H2,1-2H3,(H,29,30)/b13-6+,27-23+. The van der Waals surface area contributed by atoms with E-state index in [9.17, 15) is 4.79 Å². The quantitative estimate of drug-likeness (QED) is 0.290. The summed E-state index contributed by atoms with van der Waals surface area (Å²) < 4.78 is 0. The molecule has 0 bridgehead atoms. The van der Waals surface area contributed by atoms with Crippen molar-refractivity contribution in [3.05, 3.63) is 105 Å². The van der Waals surface area contributed by atoms with Crippen LogP contribution in [0.3, 0.4) is 0 Å². The van der Waals surface area contributed by atoms with E-state index < -0.39 is 5.97 Å². The Balaban J connectivity index is 1.83. The van der Waals surface area contributed by atoms with Crippen molar-refractivity contribution in [2.24, 2.45) is 0 Å². The highest BCUT2D eigenvalue weighted by atomic mass is 32.1. The normalized spacial score (nSPS) is 12.2. The lowest BCUT2D eigenvalue weighted by atomic mass is 9.87. The molecule has 0 unspecified atom stereocenters. The molecule has 0 radical (unpaired) electrons. The summed E-state index contributed by atoms with van der Waals surface area (Å²) >= 11 is 3.36. The van der Waals surface area contributed by atoms with Crippen molar-refractivity contribution in [3.8, 4) is 10.4 Å². The second kappa shape index (κ2) is 9.90. The van der Waals surface area contributed by atoms with Crippen molar-refractivity contribution in [3.63, 3.8) is 0 Å². The Hall–Kier alpha value is -3.28. The summed E-state index contributed by atoms with van der Waals surface area (Å²) in [6.07, 6.45) is 5.58. The molecule has 0 fully saturated rings. The van der Waals surface area contributed by atoms with Crippen LogP contribution < -0.4 is 0 Å². The van der Waals surface area contributed by atoms with E-state index >= 15 is 0 Å². The lowest BCUT2D eigenvalue weighted by Gasteiger charge is -2.17. The molecule has 160 valence electrons. The van der Waals surface area contributed by atoms with Gasteiger partial charge in [0.15, 0.2) is 0 Å². The fourth-order valence-electron chi connectivity index (χ4n) is 3.77. The smallest absolute Gasteiger partial charge is 0.328 e. The maximum atomic E-state index is 10.8. The van der Waals surface area contributed by atoms with Crippen molar-refractivity contribution in [2.75, 3.05) is 0 Å². The number of thiazole rings is 1. The van der Waals surface area contributed by atoms with Crippen LogP contribution in [0, 0.1) is 6.92 Å². The van der Waals surface area contributed by atoms with Crippen LogP contribution in [-0.2, 0) is 4.79 Å². The molecule has 5 heteroatoms. The van der Waals surface area contributed by atoms with Gasteiger partial charge in [0.2, 0.25) is 0 Å². The third-order valence-corrected chi connectivity index (χ3v) is 7.03. The molecule has 0 saturated carbocycles. The average Bonchev–Trinajstić information content (AvgIpc) is 3.49. The molecule has 0 saturated heterocycles. The van der Waals surface area contributed by atoms with Crippen LogP contribution in [0.4, 0.5) is 0 Å². The third kappa shape index (κ3) is 4.79. The van der Waals surface area contributed by atoms with Crippen LogP contribution in [0.2, 0.25) is 0 Å². The second-order valence-corrected chi connectivity index (χ2v) is 9.04. The van der Waals surface area contributed by atoms with Crippen molar-refractivity contribution in [1.82, 2.24) is 4.98 Å². The van der Waals surface area contributed by atoms with Gasteiger partial charge in [0.1, 0.15) is 0 Å². The van der Waals surface area contributed by atoms with Gasteiger partial charge in [-0.3, -0.25) is 4.98 Å². The highest BCUT2D eigenvalue weighted by Gasteiger charge is 2.15. The van der Waals surface area contributed by atoms with Crippen LogP contribution in [0.25, 0.3) is 27.7 Å². The minimum absolute atomic E-state index is 0.862. The number of rotatable bonds is 7. The molecule has 0 atom stereocenters. The van der Waals surface area contributed by atoms with E-state index in [0.29, 0.717) is 0 Å². The number of carboxylic acid groups (broad SMARTS) is 1.